The summed E-state index contributed by atoms with van der Waals surface area (Å²) in [5.74, 6) is -7.67. The van der Waals surface area contributed by atoms with Gasteiger partial charge in [-0.3, -0.25) is 48.3 Å². The van der Waals surface area contributed by atoms with Crippen LogP contribution in [0.5, 0.6) is 0 Å². The number of ether oxygens (including phenoxy) is 2. The molecular formula is C72H134BFI10N7O23P5Si2-4. The number of primary amides is 1. The van der Waals surface area contributed by atoms with Gasteiger partial charge < -0.3 is 86.9 Å². The van der Waals surface area contributed by atoms with Crippen molar-refractivity contribution >= 4 is 234 Å². The predicted octanol–water partition coefficient (Wildman–Crippen LogP) is -0.269. The average Bonchev–Trinajstić information content (AvgIpc) is 1.56. The Labute approximate surface area is 842 Å². The monoisotopic (exact) mass is 2980 g/mol. The SMILES string of the molecule is C.C=C/C(C)=C/C(=O)OP.CC1=CCC(N(C)C)[C@H](O[Si](C)(C)C(C)(C)C)[C@H]1C(=O)OP.CN(C)/C=C\O[Si](C)(C)C(C)(C)C.CN(C)C1C[C@@H](O)C(=O)C(C(=O)OP)=C1O.CN(C)C1C[C@@H](O)C(=O)C(C(N)=O)=C1O.CN(C)C1C[C@H]2OC2(C)[C@H](C(=O)OP)C1=O.CN(C)C1C[C@H]2OC2(C)[C@H](C(=O)OP)[C@H]1O.C[I-]I.F[I-]I.II.[2H][I-]I.[B][I-]I. The van der Waals surface area contributed by atoms with E-state index in [0.717, 1.165) is 24.0 Å². The quantitative estimate of drug-likeness (QED) is 0.00933. The van der Waals surface area contributed by atoms with Crippen LogP contribution in [0, 0.1) is 17.8 Å². The van der Waals surface area contributed by atoms with Crippen LogP contribution in [-0.2, 0) is 84.1 Å². The second-order valence-corrected chi connectivity index (χ2v) is 55.1. The number of fused-ring (bicyclic) bond motifs is 2. The fraction of sp³-hybridized carbons (Fsp3) is 0.708. The molecule has 1 amide bonds. The number of amides is 1. The number of epoxide rings is 2. The molecule has 12 unspecified atom stereocenters. The normalized spacial score (nSPS) is 26.4. The third-order valence-electron chi connectivity index (χ3n) is 20.8. The number of carbonyl (C=O) groups is 9. The van der Waals surface area contributed by atoms with E-state index in [1.54, 1.807) is 86.0 Å². The number of nitrogens with zero attached hydrogens (tertiary/aromatic N) is 6. The molecule has 121 heavy (non-hydrogen) atoms. The third kappa shape index (κ3) is 45.0. The van der Waals surface area contributed by atoms with E-state index in [-0.39, 0.29) is 137 Å². The van der Waals surface area contributed by atoms with Crippen molar-refractivity contribution in [2.24, 2.45) is 23.5 Å². The molecule has 712 valence electrons. The number of ketones is 3. The second kappa shape index (κ2) is 66.4. The van der Waals surface area contributed by atoms with Gasteiger partial charge in [0.2, 0.25) is 14.1 Å². The summed E-state index contributed by atoms with van der Waals surface area (Å²) in [7, 11) is 28.1. The molecule has 7 N–H and O–H groups in total. The molecule has 30 nitrogen and oxygen atoms in total. The Bertz CT molecular complexity index is 3430. The van der Waals surface area contributed by atoms with Gasteiger partial charge in [-0.15, -0.1) is 0 Å². The Balaban J connectivity index is -0.000000316. The first-order valence-corrected chi connectivity index (χ1v) is 79.8. The summed E-state index contributed by atoms with van der Waals surface area (Å²) in [4.78, 5) is 117. The molecule has 5 aliphatic carbocycles. The number of aliphatic hydroxyl groups is 5. The van der Waals surface area contributed by atoms with Gasteiger partial charge in [0.15, 0.2) is 19.9 Å². The van der Waals surface area contributed by atoms with Crippen LogP contribution in [0.25, 0.3) is 0 Å². The molecule has 2 saturated carbocycles. The van der Waals surface area contributed by atoms with Crippen molar-refractivity contribution in [1.29, 1.82) is 0.594 Å². The van der Waals surface area contributed by atoms with Crippen LogP contribution < -0.4 is 76.2 Å². The molecule has 2 heterocycles. The molecule has 0 aromatic carbocycles. The van der Waals surface area contributed by atoms with Crippen molar-refractivity contribution in [3.63, 3.8) is 0 Å². The zero-order chi connectivity index (χ0) is 96.5. The molecule has 2 saturated heterocycles. The van der Waals surface area contributed by atoms with E-state index in [9.17, 15) is 71.5 Å². The number of aliphatic hydroxyl groups excluding tert-OH is 5. The van der Waals surface area contributed by atoms with Gasteiger partial charge in [-0.25, -0.2) is 9.59 Å². The Morgan fingerprint density at radius 3 is 1.43 bits per heavy atom. The Hall–Kier alpha value is 2.91. The van der Waals surface area contributed by atoms with Gasteiger partial charge in [-0.2, -0.15) is 0 Å². The first kappa shape index (κ1) is 132. The fourth-order valence-corrected chi connectivity index (χ4v) is 14.5. The van der Waals surface area contributed by atoms with Crippen LogP contribution in [0.2, 0.25) is 36.3 Å². The summed E-state index contributed by atoms with van der Waals surface area (Å²) in [5.41, 5.74) is 9.60. The topological polar surface area (TPSA) is 390 Å². The number of halogens is 11. The molecule has 4 fully saturated rings. The Morgan fingerprint density at radius 2 is 1.08 bits per heavy atom. The molecule has 0 bridgehead atoms. The van der Waals surface area contributed by atoms with E-state index in [4.69, 9.17) is 34.9 Å². The van der Waals surface area contributed by atoms with Crippen molar-refractivity contribution in [3.05, 3.63) is 71.1 Å². The standard InChI is InChI=1S/C16H32NO3PSi.C10H18NO4P.C10H16NO4P.C10H23NOSi.C9H14N2O4.C9H14NO5P.C6H9O2P.CH3I2.CH4.BI2.FI2.HI2.I2/c1-11-9-10-12(17(5)6)14(13(11)15(18)19-21)20-22(7,8)16(2,3)4;2*1-10-6(14-10)4-5(11(2)3)8(12)7(10)9(13)15-16;1-10(2,3)13(6,7)12-9-8-11(4)5;1-11(2)4-3-5(12)8(14)6(7(4)13)9(10)15;1-10(2)4-3-5(11)8(13)6(7(4)12)9(14)15-16;1-3-5(2)4-6(7)8-9;1-3-2;;2*1-3-2;2*1-2/h9,12-14H,10,21H2,1-8H3;5-8,12H,4,16H2,1-3H3;5-7H,4,16H2,1-3H3;8-9H,1-7H3;4-5,12-13H,3H2,1-2H3,(H2,10,15);4-5,11-12H,3,16H2,1-2H3;3-4H,1,9H2,2H3;1H3;1H4;;;1H;/q;;;;;;;-1;;3*-1;/b;;;9-8-;;;5-4+;;;;;;/t12?,13-,14-;5?,6-,7+,8+,10?;5?,6-,7+,10?;;2*4?,5-;;;;;;;/m011.11......./s1/i;;;;;;;;;;;1D;. The maximum absolute atomic E-state index is 12.3. The van der Waals surface area contributed by atoms with E-state index in [0.29, 0.717) is 23.7 Å². The van der Waals surface area contributed by atoms with Crippen LogP contribution in [0.1, 0.15) is 109 Å². The molecule has 21 atom stereocenters. The number of likely N-dealkylation sites (N-methyl/N-ethyl adjacent to an activating group) is 5. The Kier molecular flexibility index (Phi) is 72.6. The van der Waals surface area contributed by atoms with Gasteiger partial charge in [0.1, 0.15) is 63.8 Å². The van der Waals surface area contributed by atoms with E-state index < -0.39 is 134 Å². The summed E-state index contributed by atoms with van der Waals surface area (Å²) in [6.07, 6.45) is 7.86. The minimum atomic E-state index is -1.98. The molecule has 0 aromatic rings. The molecule has 49 heteroatoms. The van der Waals surface area contributed by atoms with E-state index >= 15 is 0 Å². The van der Waals surface area contributed by atoms with Crippen LogP contribution in [-0.4, -0.2) is 299 Å². The maximum atomic E-state index is 12.3. The molecule has 7 aliphatic rings. The van der Waals surface area contributed by atoms with E-state index in [1.807, 2.05) is 126 Å². The van der Waals surface area contributed by atoms with Gasteiger partial charge >= 0.3 is 189 Å². The number of hydrogen-bond donors (Lipinski definition) is 6. The van der Waals surface area contributed by atoms with Crippen LogP contribution in [0.15, 0.2) is 71.1 Å². The first-order chi connectivity index (χ1) is 55.5. The summed E-state index contributed by atoms with van der Waals surface area (Å²) >= 11 is 12.1. The van der Waals surface area contributed by atoms with Gasteiger partial charge in [-0.05, 0) is 159 Å². The molecule has 2 aliphatic heterocycles. The fourth-order valence-electron chi connectivity index (χ4n) is 11.8. The molecule has 0 aromatic heterocycles. The van der Waals surface area contributed by atoms with Crippen molar-refractivity contribution in [2.75, 3.05) is 89.5 Å². The third-order valence-corrected chi connectivity index (χ3v) is 30.8. The number of nitrogens with two attached hydrogens (primary N) is 1. The molecule has 2 radical (unpaired) electrons. The summed E-state index contributed by atoms with van der Waals surface area (Å²) in [6, 6.07) is -1.25. The number of rotatable bonds is 17. The first-order valence-electron chi connectivity index (χ1n) is 36.4. The molecule has 7 rings (SSSR count). The zero-order valence-electron chi connectivity index (χ0n) is 74.2. The number of alkyl halides is 1. The average molecular weight is 2980 g/mol. The van der Waals surface area contributed by atoms with Crippen molar-refractivity contribution in [3.8, 4) is 0 Å². The van der Waals surface area contributed by atoms with Crippen molar-refractivity contribution in [2.45, 2.75) is 223 Å². The van der Waals surface area contributed by atoms with Crippen LogP contribution in [0.3, 0.4) is 0 Å². The Morgan fingerprint density at radius 1 is 0.694 bits per heavy atom. The molecular weight excluding hydrogens is 2840 g/mol. The van der Waals surface area contributed by atoms with Gasteiger partial charge in [0.25, 0.3) is 5.91 Å². The number of allylic oxidation sites excluding steroid dienone is 2. The zero-order valence-corrected chi connectivity index (χ0v) is 103. The predicted molar refractivity (Wildman–Crippen MR) is 534 cm³/mol. The minimum absolute atomic E-state index is 0. The summed E-state index contributed by atoms with van der Waals surface area (Å²) < 4.78 is 63.1. The van der Waals surface area contributed by atoms with Crippen molar-refractivity contribution in [1.82, 2.24) is 29.4 Å². The van der Waals surface area contributed by atoms with Crippen LogP contribution in [0.4, 0.5) is 2.86 Å². The number of hydrogen-bond acceptors (Lipinski definition) is 29. The number of Topliss-reactive ketones (excluding diaryl/α,β-unsaturated/α-hetero) is 3. The molecule has 0 spiro atoms. The van der Waals surface area contributed by atoms with Crippen LogP contribution >= 0.6 is 159 Å². The van der Waals surface area contributed by atoms with Gasteiger partial charge in [0, 0.05) is 88.5 Å². The summed E-state index contributed by atoms with van der Waals surface area (Å²) in [5, 5.41) is 49.0. The number of carbonyl (C=O) groups excluding carboxylic acids is 9. The van der Waals surface area contributed by atoms with Gasteiger partial charge in [-0.1, -0.05) is 73.3 Å². The van der Waals surface area contributed by atoms with Gasteiger partial charge in [0.05, 0.1) is 96.1 Å². The van der Waals surface area contributed by atoms with E-state index in [1.165, 1.54) is 6.08 Å². The van der Waals surface area contributed by atoms with Crippen molar-refractivity contribution < 1.29 is 183 Å². The second-order valence-electron chi connectivity index (χ2n) is 32.1. The van der Waals surface area contributed by atoms with E-state index in [2.05, 4.69) is 211 Å². The summed E-state index contributed by atoms with van der Waals surface area (Å²) in [6.45, 7) is 33.2.